The summed E-state index contributed by atoms with van der Waals surface area (Å²) in [6.07, 6.45) is 1.00. The van der Waals surface area contributed by atoms with Crippen LogP contribution in [0, 0.1) is 6.92 Å². The van der Waals surface area contributed by atoms with Gasteiger partial charge in [-0.05, 0) is 37.2 Å². The highest BCUT2D eigenvalue weighted by Crippen LogP contribution is 2.35. The summed E-state index contributed by atoms with van der Waals surface area (Å²) in [5.41, 5.74) is 3.60. The molecular formula is C18H20BrNO2. The van der Waals surface area contributed by atoms with E-state index in [1.807, 2.05) is 31.3 Å². The minimum Gasteiger partial charge on any atom is -0.493 e. The third-order valence-corrected chi connectivity index (χ3v) is 5.01. The van der Waals surface area contributed by atoms with Crippen LogP contribution in [0.5, 0.6) is 11.5 Å². The fourth-order valence-corrected chi connectivity index (χ4v) is 3.14. The standard InChI is InChI=1S/C18H20BrNO2/c1-12-13(4-3-5-16(12)19)11-22-14-6-7-15-17(20-2)8-9-21-18(15)10-14/h3-7,10,17,20H,8-9,11H2,1-2H3. The summed E-state index contributed by atoms with van der Waals surface area (Å²) in [5, 5.41) is 3.33. The third-order valence-electron chi connectivity index (χ3n) is 4.15. The molecule has 2 aromatic rings. The van der Waals surface area contributed by atoms with Crippen molar-refractivity contribution in [2.75, 3.05) is 13.7 Å². The van der Waals surface area contributed by atoms with Gasteiger partial charge in [0.25, 0.3) is 0 Å². The second-order valence-electron chi connectivity index (χ2n) is 5.49. The van der Waals surface area contributed by atoms with Crippen molar-refractivity contribution in [2.24, 2.45) is 0 Å². The number of nitrogens with one attached hydrogen (secondary N) is 1. The first-order valence-electron chi connectivity index (χ1n) is 7.50. The Bertz CT molecular complexity index is 672. The molecule has 0 aromatic heterocycles. The molecule has 0 saturated carbocycles. The van der Waals surface area contributed by atoms with Gasteiger partial charge in [-0.2, -0.15) is 0 Å². The molecule has 0 bridgehead atoms. The largest absolute Gasteiger partial charge is 0.493 e. The maximum Gasteiger partial charge on any atom is 0.127 e. The molecular weight excluding hydrogens is 342 g/mol. The van der Waals surface area contributed by atoms with Gasteiger partial charge in [-0.25, -0.2) is 0 Å². The van der Waals surface area contributed by atoms with Crippen molar-refractivity contribution in [1.82, 2.24) is 5.32 Å². The van der Waals surface area contributed by atoms with Gasteiger partial charge in [-0.3, -0.25) is 0 Å². The Hall–Kier alpha value is -1.52. The third kappa shape index (κ3) is 3.13. The van der Waals surface area contributed by atoms with Crippen LogP contribution in [0.15, 0.2) is 40.9 Å². The normalized spacial score (nSPS) is 16.8. The summed E-state index contributed by atoms with van der Waals surface area (Å²) in [7, 11) is 1.99. The van der Waals surface area contributed by atoms with Crippen LogP contribution in [0.1, 0.15) is 29.2 Å². The molecule has 0 spiro atoms. The number of hydrogen-bond donors (Lipinski definition) is 1. The lowest BCUT2D eigenvalue weighted by Crippen LogP contribution is -2.23. The van der Waals surface area contributed by atoms with Crippen molar-refractivity contribution in [3.63, 3.8) is 0 Å². The van der Waals surface area contributed by atoms with Gasteiger partial charge in [0.1, 0.15) is 18.1 Å². The number of ether oxygens (including phenoxy) is 2. The Morgan fingerprint density at radius 1 is 1.32 bits per heavy atom. The van der Waals surface area contributed by atoms with E-state index in [1.54, 1.807) is 0 Å². The molecule has 1 unspecified atom stereocenters. The van der Waals surface area contributed by atoms with Crippen LogP contribution in [0.4, 0.5) is 0 Å². The van der Waals surface area contributed by atoms with Crippen molar-refractivity contribution in [3.05, 3.63) is 57.6 Å². The average Bonchev–Trinajstić information content (AvgIpc) is 2.55. The van der Waals surface area contributed by atoms with E-state index in [1.165, 1.54) is 16.7 Å². The van der Waals surface area contributed by atoms with Crippen LogP contribution in [0.2, 0.25) is 0 Å². The first kappa shape index (κ1) is 15.4. The molecule has 2 aromatic carbocycles. The second-order valence-corrected chi connectivity index (χ2v) is 6.35. The molecule has 0 radical (unpaired) electrons. The van der Waals surface area contributed by atoms with Crippen LogP contribution in [0.25, 0.3) is 0 Å². The van der Waals surface area contributed by atoms with E-state index in [4.69, 9.17) is 9.47 Å². The number of benzene rings is 2. The molecule has 3 rings (SSSR count). The van der Waals surface area contributed by atoms with Crippen LogP contribution in [0.3, 0.4) is 0 Å². The lowest BCUT2D eigenvalue weighted by atomic mass is 10.0. The molecule has 1 heterocycles. The molecule has 1 N–H and O–H groups in total. The highest BCUT2D eigenvalue weighted by Gasteiger charge is 2.20. The molecule has 0 saturated heterocycles. The summed E-state index contributed by atoms with van der Waals surface area (Å²) in [4.78, 5) is 0. The molecule has 0 aliphatic carbocycles. The first-order valence-corrected chi connectivity index (χ1v) is 8.29. The lowest BCUT2D eigenvalue weighted by Gasteiger charge is -2.26. The number of hydrogen-bond acceptors (Lipinski definition) is 3. The van der Waals surface area contributed by atoms with E-state index in [0.717, 1.165) is 29.0 Å². The lowest BCUT2D eigenvalue weighted by molar-refractivity contribution is 0.252. The van der Waals surface area contributed by atoms with E-state index < -0.39 is 0 Å². The molecule has 1 atom stereocenters. The number of halogens is 1. The summed E-state index contributed by atoms with van der Waals surface area (Å²) >= 11 is 3.55. The molecule has 4 heteroatoms. The van der Waals surface area contributed by atoms with Crippen LogP contribution >= 0.6 is 15.9 Å². The zero-order valence-electron chi connectivity index (χ0n) is 12.9. The Morgan fingerprint density at radius 2 is 2.18 bits per heavy atom. The smallest absolute Gasteiger partial charge is 0.127 e. The van der Waals surface area contributed by atoms with E-state index in [2.05, 4.69) is 40.3 Å². The second kappa shape index (κ2) is 6.71. The predicted molar refractivity (Wildman–Crippen MR) is 91.6 cm³/mol. The average molecular weight is 362 g/mol. The minimum atomic E-state index is 0.366. The van der Waals surface area contributed by atoms with Gasteiger partial charge >= 0.3 is 0 Å². The van der Waals surface area contributed by atoms with Crippen molar-refractivity contribution in [2.45, 2.75) is 26.0 Å². The highest BCUT2D eigenvalue weighted by atomic mass is 79.9. The van der Waals surface area contributed by atoms with Gasteiger partial charge in [0.2, 0.25) is 0 Å². The van der Waals surface area contributed by atoms with Crippen molar-refractivity contribution in [1.29, 1.82) is 0 Å². The Morgan fingerprint density at radius 3 is 3.00 bits per heavy atom. The van der Waals surface area contributed by atoms with E-state index in [-0.39, 0.29) is 0 Å². The summed E-state index contributed by atoms with van der Waals surface area (Å²) in [5.74, 6) is 1.77. The summed E-state index contributed by atoms with van der Waals surface area (Å²) in [6.45, 7) is 3.39. The Balaban J connectivity index is 1.75. The highest BCUT2D eigenvalue weighted by molar-refractivity contribution is 9.10. The van der Waals surface area contributed by atoms with Gasteiger partial charge in [0, 0.05) is 28.6 Å². The van der Waals surface area contributed by atoms with Crippen molar-refractivity contribution in [3.8, 4) is 11.5 Å². The molecule has 1 aliphatic heterocycles. The molecule has 1 aliphatic rings. The van der Waals surface area contributed by atoms with Crippen molar-refractivity contribution >= 4 is 15.9 Å². The molecule has 22 heavy (non-hydrogen) atoms. The van der Waals surface area contributed by atoms with Gasteiger partial charge in [-0.1, -0.05) is 34.1 Å². The predicted octanol–water partition coefficient (Wildman–Crippen LogP) is 4.38. The van der Waals surface area contributed by atoms with Crippen LogP contribution < -0.4 is 14.8 Å². The van der Waals surface area contributed by atoms with E-state index >= 15 is 0 Å². The molecule has 116 valence electrons. The van der Waals surface area contributed by atoms with Gasteiger partial charge in [0.05, 0.1) is 6.61 Å². The zero-order valence-corrected chi connectivity index (χ0v) is 14.4. The SMILES string of the molecule is CNC1CCOc2cc(OCc3cccc(Br)c3C)ccc21. The quantitative estimate of drug-likeness (QED) is 0.876. The fourth-order valence-electron chi connectivity index (χ4n) is 2.73. The van der Waals surface area contributed by atoms with Crippen LogP contribution in [-0.4, -0.2) is 13.7 Å². The molecule has 0 fully saturated rings. The first-order chi connectivity index (χ1) is 10.7. The fraction of sp³-hybridized carbons (Fsp3) is 0.333. The minimum absolute atomic E-state index is 0.366. The summed E-state index contributed by atoms with van der Waals surface area (Å²) in [6, 6.07) is 12.6. The number of rotatable bonds is 4. The zero-order chi connectivity index (χ0) is 15.5. The molecule has 0 amide bonds. The van der Waals surface area contributed by atoms with Crippen LogP contribution in [-0.2, 0) is 6.61 Å². The summed E-state index contributed by atoms with van der Waals surface area (Å²) < 4.78 is 12.8. The molecule has 3 nitrogen and oxygen atoms in total. The van der Waals surface area contributed by atoms with E-state index in [0.29, 0.717) is 12.6 Å². The van der Waals surface area contributed by atoms with Gasteiger partial charge in [0.15, 0.2) is 0 Å². The van der Waals surface area contributed by atoms with Crippen molar-refractivity contribution < 1.29 is 9.47 Å². The maximum absolute atomic E-state index is 5.94. The Labute approximate surface area is 139 Å². The monoisotopic (exact) mass is 361 g/mol. The van der Waals surface area contributed by atoms with Gasteiger partial charge in [-0.15, -0.1) is 0 Å². The van der Waals surface area contributed by atoms with E-state index in [9.17, 15) is 0 Å². The van der Waals surface area contributed by atoms with Gasteiger partial charge < -0.3 is 14.8 Å². The Kier molecular flexibility index (Phi) is 4.69. The topological polar surface area (TPSA) is 30.5 Å². The number of fused-ring (bicyclic) bond motifs is 1. The maximum atomic E-state index is 5.94.